The molecule has 0 radical (unpaired) electrons. The predicted molar refractivity (Wildman–Crippen MR) is 74.7 cm³/mol. The van der Waals surface area contributed by atoms with Gasteiger partial charge in [-0.05, 0) is 43.0 Å². The second-order valence-corrected chi connectivity index (χ2v) is 5.95. The lowest BCUT2D eigenvalue weighted by Crippen LogP contribution is -2.34. The van der Waals surface area contributed by atoms with Crippen molar-refractivity contribution in [2.24, 2.45) is 5.41 Å². The van der Waals surface area contributed by atoms with Gasteiger partial charge in [-0.1, -0.05) is 15.9 Å². The van der Waals surface area contributed by atoms with Crippen LogP contribution >= 0.6 is 15.9 Å². The first-order chi connectivity index (χ1) is 9.43. The Balaban J connectivity index is 1.81. The van der Waals surface area contributed by atoms with Crippen LogP contribution in [0.3, 0.4) is 0 Å². The molecule has 0 spiro atoms. The van der Waals surface area contributed by atoms with Crippen molar-refractivity contribution in [1.29, 1.82) is 0 Å². The number of amides is 1. The van der Waals surface area contributed by atoms with Crippen LogP contribution in [0.1, 0.15) is 24.8 Å². The number of carboxylic acids is 1. The zero-order valence-corrected chi connectivity index (χ0v) is 12.4. The minimum atomic E-state index is -0.856. The third kappa shape index (κ3) is 3.56. The van der Waals surface area contributed by atoms with Gasteiger partial charge in [0.2, 0.25) is 5.91 Å². The van der Waals surface area contributed by atoms with Crippen molar-refractivity contribution < 1.29 is 19.1 Å². The monoisotopic (exact) mass is 343 g/mol. The van der Waals surface area contributed by atoms with Gasteiger partial charge in [0.15, 0.2) is 0 Å². The zero-order valence-electron chi connectivity index (χ0n) is 10.8. The second-order valence-electron chi connectivity index (χ2n) is 5.10. The lowest BCUT2D eigenvalue weighted by atomic mass is 10.1. The first kappa shape index (κ1) is 15.0. The highest BCUT2D eigenvalue weighted by atomic mass is 79.9. The Labute approximate surface area is 124 Å². The van der Waals surface area contributed by atoms with E-state index in [4.69, 9.17) is 5.11 Å². The van der Waals surface area contributed by atoms with Crippen LogP contribution < -0.4 is 5.32 Å². The van der Waals surface area contributed by atoms with Gasteiger partial charge in [0.25, 0.3) is 0 Å². The maximum absolute atomic E-state index is 13.1. The second kappa shape index (κ2) is 5.91. The molecule has 6 heteroatoms. The van der Waals surface area contributed by atoms with Gasteiger partial charge in [-0.15, -0.1) is 0 Å². The summed E-state index contributed by atoms with van der Waals surface area (Å²) in [6.07, 6.45) is 1.83. The molecule has 0 atom stereocenters. The van der Waals surface area contributed by atoms with Crippen molar-refractivity contribution in [3.63, 3.8) is 0 Å². The van der Waals surface area contributed by atoms with Gasteiger partial charge >= 0.3 is 5.97 Å². The molecule has 2 rings (SSSR count). The summed E-state index contributed by atoms with van der Waals surface area (Å²) >= 11 is 3.30. The van der Waals surface area contributed by atoms with Gasteiger partial charge in [0.1, 0.15) is 5.82 Å². The van der Waals surface area contributed by atoms with Crippen molar-refractivity contribution in [3.8, 4) is 0 Å². The van der Waals surface area contributed by atoms with Crippen LogP contribution in [0.2, 0.25) is 0 Å². The standard InChI is InChI=1S/C14H15BrFNO3/c15-11-3-2-10(16)7-9(11)1-4-12(18)17-8-14(5-6-14)13(19)20/h2-3,7H,1,4-6,8H2,(H,17,18)(H,19,20). The van der Waals surface area contributed by atoms with Crippen LogP contribution in [0, 0.1) is 11.2 Å². The smallest absolute Gasteiger partial charge is 0.311 e. The Kier molecular flexibility index (Phi) is 4.42. The fourth-order valence-electron chi connectivity index (χ4n) is 1.96. The molecule has 4 nitrogen and oxygen atoms in total. The average Bonchev–Trinajstić information content (AvgIpc) is 3.18. The van der Waals surface area contributed by atoms with E-state index in [0.29, 0.717) is 19.3 Å². The van der Waals surface area contributed by atoms with E-state index in [1.165, 1.54) is 12.1 Å². The van der Waals surface area contributed by atoms with E-state index in [2.05, 4.69) is 21.2 Å². The van der Waals surface area contributed by atoms with Crippen molar-refractivity contribution >= 4 is 27.8 Å². The van der Waals surface area contributed by atoms with Crippen molar-refractivity contribution in [3.05, 3.63) is 34.1 Å². The third-order valence-corrected chi connectivity index (χ3v) is 4.33. The molecule has 1 amide bonds. The number of aryl methyl sites for hydroxylation is 1. The summed E-state index contributed by atoms with van der Waals surface area (Å²) in [5.41, 5.74) is -0.0331. The zero-order chi connectivity index (χ0) is 14.8. The molecule has 1 fully saturated rings. The average molecular weight is 344 g/mol. The van der Waals surface area contributed by atoms with Crippen LogP contribution in [0.15, 0.2) is 22.7 Å². The van der Waals surface area contributed by atoms with Crippen molar-refractivity contribution in [2.45, 2.75) is 25.7 Å². The molecule has 0 saturated heterocycles. The van der Waals surface area contributed by atoms with Crippen molar-refractivity contribution in [1.82, 2.24) is 5.32 Å². The minimum absolute atomic E-state index is 0.172. The lowest BCUT2D eigenvalue weighted by Gasteiger charge is -2.11. The quantitative estimate of drug-likeness (QED) is 0.833. The molecule has 1 aliphatic carbocycles. The van der Waals surface area contributed by atoms with Crippen LogP contribution in [0.5, 0.6) is 0 Å². The number of rotatable bonds is 6. The predicted octanol–water partition coefficient (Wildman–Crippen LogP) is 2.50. The van der Waals surface area contributed by atoms with Crippen molar-refractivity contribution in [2.75, 3.05) is 6.54 Å². The largest absolute Gasteiger partial charge is 0.481 e. The van der Waals surface area contributed by atoms with E-state index in [1.54, 1.807) is 6.07 Å². The minimum Gasteiger partial charge on any atom is -0.481 e. The first-order valence-electron chi connectivity index (χ1n) is 6.37. The molecule has 1 saturated carbocycles. The maximum atomic E-state index is 13.1. The summed E-state index contributed by atoms with van der Waals surface area (Å²) < 4.78 is 13.8. The first-order valence-corrected chi connectivity index (χ1v) is 7.16. The number of hydrogen-bond acceptors (Lipinski definition) is 2. The fraction of sp³-hybridized carbons (Fsp3) is 0.429. The molecular formula is C14H15BrFNO3. The van der Waals surface area contributed by atoms with Gasteiger partial charge in [-0.3, -0.25) is 9.59 Å². The summed E-state index contributed by atoms with van der Waals surface area (Å²) in [5.74, 6) is -1.41. The van der Waals surface area contributed by atoms with E-state index in [1.807, 2.05) is 0 Å². The van der Waals surface area contributed by atoms with E-state index in [9.17, 15) is 14.0 Å². The molecule has 1 aliphatic rings. The van der Waals surface area contributed by atoms with Crippen LogP contribution in [0.4, 0.5) is 4.39 Å². The normalized spacial score (nSPS) is 15.7. The van der Waals surface area contributed by atoms with Gasteiger partial charge in [0, 0.05) is 17.4 Å². The third-order valence-electron chi connectivity index (χ3n) is 3.56. The number of carbonyl (C=O) groups excluding carboxylic acids is 1. The molecule has 20 heavy (non-hydrogen) atoms. The number of halogens is 2. The van der Waals surface area contributed by atoms with E-state index < -0.39 is 11.4 Å². The van der Waals surface area contributed by atoms with E-state index >= 15 is 0 Å². The molecule has 0 aromatic heterocycles. The Morgan fingerprint density at radius 3 is 2.70 bits per heavy atom. The number of nitrogens with one attached hydrogen (secondary N) is 1. The molecule has 0 aliphatic heterocycles. The molecule has 0 bridgehead atoms. The summed E-state index contributed by atoms with van der Waals surface area (Å²) in [6, 6.07) is 4.33. The van der Waals surface area contributed by atoms with E-state index in [0.717, 1.165) is 10.0 Å². The molecule has 0 heterocycles. The van der Waals surface area contributed by atoms with Crippen LogP contribution in [-0.2, 0) is 16.0 Å². The number of benzene rings is 1. The number of hydrogen-bond donors (Lipinski definition) is 2. The number of aliphatic carboxylic acids is 1. The summed E-state index contributed by atoms with van der Waals surface area (Å²) in [4.78, 5) is 22.7. The molecule has 108 valence electrons. The molecule has 2 N–H and O–H groups in total. The molecule has 1 aromatic carbocycles. The lowest BCUT2D eigenvalue weighted by molar-refractivity contribution is -0.143. The SMILES string of the molecule is O=C(CCc1cc(F)ccc1Br)NCC1(C(=O)O)CC1. The van der Waals surface area contributed by atoms with Gasteiger partial charge < -0.3 is 10.4 Å². The van der Waals surface area contributed by atoms with Crippen LogP contribution in [-0.4, -0.2) is 23.5 Å². The Morgan fingerprint density at radius 1 is 1.40 bits per heavy atom. The summed E-state index contributed by atoms with van der Waals surface area (Å²) in [6.45, 7) is 0.172. The highest BCUT2D eigenvalue weighted by molar-refractivity contribution is 9.10. The van der Waals surface area contributed by atoms with E-state index in [-0.39, 0.29) is 24.7 Å². The highest BCUT2D eigenvalue weighted by Crippen LogP contribution is 2.45. The van der Waals surface area contributed by atoms with Gasteiger partial charge in [-0.2, -0.15) is 0 Å². The number of carboxylic acid groups (broad SMARTS) is 1. The maximum Gasteiger partial charge on any atom is 0.311 e. The Hall–Kier alpha value is -1.43. The molecule has 0 unspecified atom stereocenters. The Bertz CT molecular complexity index is 543. The Morgan fingerprint density at radius 2 is 2.10 bits per heavy atom. The molecular weight excluding hydrogens is 329 g/mol. The highest BCUT2D eigenvalue weighted by Gasteiger charge is 2.50. The topological polar surface area (TPSA) is 66.4 Å². The van der Waals surface area contributed by atoms with Gasteiger partial charge in [0.05, 0.1) is 5.41 Å². The number of carbonyl (C=O) groups is 2. The van der Waals surface area contributed by atoms with Crippen LogP contribution in [0.25, 0.3) is 0 Å². The van der Waals surface area contributed by atoms with Gasteiger partial charge in [-0.25, -0.2) is 4.39 Å². The fourth-order valence-corrected chi connectivity index (χ4v) is 2.40. The summed E-state index contributed by atoms with van der Waals surface area (Å²) in [5, 5.41) is 11.6. The summed E-state index contributed by atoms with van der Waals surface area (Å²) in [7, 11) is 0. The molecule has 1 aromatic rings.